The van der Waals surface area contributed by atoms with Gasteiger partial charge in [-0.15, -0.1) is 15.0 Å². The van der Waals surface area contributed by atoms with Gasteiger partial charge in [0, 0.05) is 17.8 Å². The van der Waals surface area contributed by atoms with Crippen LogP contribution in [0.15, 0.2) is 42.5 Å². The van der Waals surface area contributed by atoms with Crippen molar-refractivity contribution in [3.8, 4) is 17.2 Å². The number of pyridine rings is 1. The molecule has 0 aliphatic heterocycles. The second-order valence-corrected chi connectivity index (χ2v) is 4.45. The fraction of sp³-hybridized carbons (Fsp3) is 0.143. The molecule has 2 heterocycles. The molecule has 0 aliphatic rings. The third-order valence-corrected chi connectivity index (χ3v) is 2.89. The largest absolute Gasteiger partial charge is 0.326 e. The molecule has 0 fully saturated rings. The number of rotatable bonds is 3. The zero-order valence-corrected chi connectivity index (χ0v) is 11.1. The number of nitrogens with two attached hydrogens (primary N) is 1. The van der Waals surface area contributed by atoms with E-state index in [1.165, 1.54) is 4.80 Å². The second kappa shape index (κ2) is 5.18. The fourth-order valence-corrected chi connectivity index (χ4v) is 1.96. The Labute approximate surface area is 116 Å². The van der Waals surface area contributed by atoms with Crippen LogP contribution in [0.1, 0.15) is 11.3 Å². The van der Waals surface area contributed by atoms with Crippen molar-refractivity contribution in [1.82, 2.24) is 25.2 Å². The second-order valence-electron chi connectivity index (χ2n) is 4.45. The Bertz CT molecular complexity index is 720. The molecule has 0 spiro atoms. The molecule has 20 heavy (non-hydrogen) atoms. The summed E-state index contributed by atoms with van der Waals surface area (Å²) in [5.74, 6) is 1.20. The number of tetrazole rings is 1. The monoisotopic (exact) mass is 266 g/mol. The summed E-state index contributed by atoms with van der Waals surface area (Å²) in [6.07, 6.45) is 0. The van der Waals surface area contributed by atoms with Gasteiger partial charge in [-0.05, 0) is 29.8 Å². The molecule has 6 heteroatoms. The van der Waals surface area contributed by atoms with Gasteiger partial charge >= 0.3 is 0 Å². The van der Waals surface area contributed by atoms with Gasteiger partial charge in [-0.25, -0.2) is 4.98 Å². The molecule has 0 unspecified atom stereocenters. The molecular formula is C14H14N6. The molecule has 3 aromatic rings. The summed E-state index contributed by atoms with van der Waals surface area (Å²) >= 11 is 0. The Balaban J connectivity index is 2.00. The van der Waals surface area contributed by atoms with Crippen LogP contribution in [0, 0.1) is 6.92 Å². The Morgan fingerprint density at radius 2 is 1.95 bits per heavy atom. The summed E-state index contributed by atoms with van der Waals surface area (Å²) in [4.78, 5) is 5.83. The Morgan fingerprint density at radius 3 is 2.70 bits per heavy atom. The highest BCUT2D eigenvalue weighted by atomic mass is 15.6. The topological polar surface area (TPSA) is 82.5 Å². The van der Waals surface area contributed by atoms with Crippen molar-refractivity contribution in [2.24, 2.45) is 5.73 Å². The highest BCUT2D eigenvalue weighted by molar-refractivity contribution is 5.53. The van der Waals surface area contributed by atoms with Gasteiger partial charge in [0.05, 0.1) is 0 Å². The van der Waals surface area contributed by atoms with Crippen LogP contribution in [0.2, 0.25) is 0 Å². The normalized spacial score (nSPS) is 10.7. The number of hydrogen-bond acceptors (Lipinski definition) is 5. The average Bonchev–Trinajstić information content (AvgIpc) is 2.97. The van der Waals surface area contributed by atoms with E-state index < -0.39 is 0 Å². The lowest BCUT2D eigenvalue weighted by Gasteiger charge is -2.03. The first-order valence-electron chi connectivity index (χ1n) is 6.30. The first-order valence-corrected chi connectivity index (χ1v) is 6.30. The third kappa shape index (κ3) is 2.41. The molecule has 0 aliphatic carbocycles. The van der Waals surface area contributed by atoms with Crippen LogP contribution in [0.5, 0.6) is 0 Å². The molecule has 3 rings (SSSR count). The van der Waals surface area contributed by atoms with E-state index in [-0.39, 0.29) is 0 Å². The van der Waals surface area contributed by atoms with Crippen molar-refractivity contribution in [2.45, 2.75) is 13.5 Å². The number of aryl methyl sites for hydroxylation is 1. The van der Waals surface area contributed by atoms with Gasteiger partial charge in [-0.1, -0.05) is 30.3 Å². The number of hydrogen-bond donors (Lipinski definition) is 1. The fourth-order valence-electron chi connectivity index (χ4n) is 1.96. The zero-order chi connectivity index (χ0) is 13.9. The van der Waals surface area contributed by atoms with E-state index in [2.05, 4.69) is 20.4 Å². The van der Waals surface area contributed by atoms with Gasteiger partial charge in [0.2, 0.25) is 5.82 Å². The minimum absolute atomic E-state index is 0.455. The summed E-state index contributed by atoms with van der Waals surface area (Å²) in [7, 11) is 0. The van der Waals surface area contributed by atoms with Crippen LogP contribution in [-0.4, -0.2) is 25.2 Å². The number of benzene rings is 1. The molecule has 2 aromatic heterocycles. The predicted molar refractivity (Wildman–Crippen MR) is 75.0 cm³/mol. The molecule has 0 saturated heterocycles. The van der Waals surface area contributed by atoms with Gasteiger partial charge in [0.1, 0.15) is 0 Å². The Morgan fingerprint density at radius 1 is 1.15 bits per heavy atom. The maximum absolute atomic E-state index is 5.67. The van der Waals surface area contributed by atoms with Crippen LogP contribution < -0.4 is 5.73 Å². The van der Waals surface area contributed by atoms with Crippen molar-refractivity contribution in [2.75, 3.05) is 0 Å². The molecule has 0 amide bonds. The lowest BCUT2D eigenvalue weighted by Crippen LogP contribution is -2.06. The van der Waals surface area contributed by atoms with Crippen molar-refractivity contribution in [3.63, 3.8) is 0 Å². The first-order chi connectivity index (χ1) is 9.76. The molecule has 2 N–H and O–H groups in total. The van der Waals surface area contributed by atoms with Gasteiger partial charge in [0.25, 0.3) is 0 Å². The van der Waals surface area contributed by atoms with Crippen LogP contribution in [0.4, 0.5) is 0 Å². The van der Waals surface area contributed by atoms with Crippen molar-refractivity contribution in [1.29, 1.82) is 0 Å². The van der Waals surface area contributed by atoms with Gasteiger partial charge in [0.15, 0.2) is 5.82 Å². The van der Waals surface area contributed by atoms with Crippen LogP contribution >= 0.6 is 0 Å². The molecule has 1 aromatic carbocycles. The van der Waals surface area contributed by atoms with E-state index in [1.54, 1.807) is 0 Å². The Kier molecular flexibility index (Phi) is 3.22. The minimum Gasteiger partial charge on any atom is -0.326 e. The maximum atomic E-state index is 5.67. The average molecular weight is 266 g/mol. The van der Waals surface area contributed by atoms with E-state index in [9.17, 15) is 0 Å². The zero-order valence-electron chi connectivity index (χ0n) is 11.1. The van der Waals surface area contributed by atoms with E-state index in [0.717, 1.165) is 16.8 Å². The SMILES string of the molecule is Cc1cc(CN)cc(-n2nnc(-c3ccccc3)n2)n1. The maximum Gasteiger partial charge on any atom is 0.205 e. The van der Waals surface area contributed by atoms with Gasteiger partial charge in [-0.3, -0.25) is 0 Å². The minimum atomic E-state index is 0.455. The number of aromatic nitrogens is 5. The summed E-state index contributed by atoms with van der Waals surface area (Å²) < 4.78 is 0. The van der Waals surface area contributed by atoms with Crippen molar-refractivity contribution >= 4 is 0 Å². The smallest absolute Gasteiger partial charge is 0.205 e. The summed E-state index contributed by atoms with van der Waals surface area (Å²) in [6.45, 7) is 2.37. The number of nitrogens with zero attached hydrogens (tertiary/aromatic N) is 5. The molecular weight excluding hydrogens is 252 g/mol. The van der Waals surface area contributed by atoms with Crippen LogP contribution in [0.3, 0.4) is 0 Å². The van der Waals surface area contributed by atoms with Gasteiger partial charge in [-0.2, -0.15) is 0 Å². The van der Waals surface area contributed by atoms with E-state index in [4.69, 9.17) is 5.73 Å². The van der Waals surface area contributed by atoms with Crippen LogP contribution in [0.25, 0.3) is 17.2 Å². The quantitative estimate of drug-likeness (QED) is 0.776. The molecule has 100 valence electrons. The standard InChI is InChI=1S/C14H14N6/c1-10-7-11(9-15)8-13(16-10)20-18-14(17-19-20)12-5-3-2-4-6-12/h2-8H,9,15H2,1H3. The van der Waals surface area contributed by atoms with Crippen molar-refractivity contribution < 1.29 is 0 Å². The molecule has 0 radical (unpaired) electrons. The summed E-state index contributed by atoms with van der Waals surface area (Å²) in [5, 5.41) is 12.5. The lowest BCUT2D eigenvalue weighted by molar-refractivity contribution is 0.696. The van der Waals surface area contributed by atoms with Gasteiger partial charge < -0.3 is 5.73 Å². The van der Waals surface area contributed by atoms with Crippen LogP contribution in [-0.2, 0) is 6.54 Å². The molecule has 0 atom stereocenters. The molecule has 0 bridgehead atoms. The first kappa shape index (κ1) is 12.4. The highest BCUT2D eigenvalue weighted by Crippen LogP contribution is 2.14. The van der Waals surface area contributed by atoms with E-state index in [1.807, 2.05) is 49.4 Å². The van der Waals surface area contributed by atoms with Crippen molar-refractivity contribution in [3.05, 3.63) is 53.7 Å². The lowest BCUT2D eigenvalue weighted by atomic mass is 10.2. The molecule has 6 nitrogen and oxygen atoms in total. The third-order valence-electron chi connectivity index (χ3n) is 2.89. The summed E-state index contributed by atoms with van der Waals surface area (Å²) in [5.41, 5.74) is 8.46. The molecule has 0 saturated carbocycles. The predicted octanol–water partition coefficient (Wildman–Crippen LogP) is 1.49. The highest BCUT2D eigenvalue weighted by Gasteiger charge is 2.08. The van der Waals surface area contributed by atoms with E-state index in [0.29, 0.717) is 18.2 Å². The van der Waals surface area contributed by atoms with E-state index >= 15 is 0 Å². The Hall–Kier alpha value is -2.60. The summed E-state index contributed by atoms with van der Waals surface area (Å²) in [6, 6.07) is 13.5.